The van der Waals surface area contributed by atoms with Crippen molar-refractivity contribution in [2.24, 2.45) is 0 Å². The molecule has 2 nitrogen and oxygen atoms in total. The highest BCUT2D eigenvalue weighted by atomic mass is 35.5. The molecule has 0 amide bonds. The first-order valence-electron chi connectivity index (χ1n) is 3.72. The third kappa shape index (κ3) is 0.994. The van der Waals surface area contributed by atoms with Gasteiger partial charge in [0.1, 0.15) is 5.75 Å². The summed E-state index contributed by atoms with van der Waals surface area (Å²) in [5.41, 5.74) is 1.52. The highest BCUT2D eigenvalue weighted by molar-refractivity contribution is 6.33. The predicted molar refractivity (Wildman–Crippen MR) is 46.0 cm³/mol. The Kier molecular flexibility index (Phi) is 1.77. The first-order chi connectivity index (χ1) is 5.83. The number of ether oxygens (including phenoxy) is 1. The van der Waals surface area contributed by atoms with Crippen molar-refractivity contribution in [3.05, 3.63) is 28.3 Å². The number of hydrogen-bond acceptors (Lipinski definition) is 2. The maximum absolute atomic E-state index is 10.6. The van der Waals surface area contributed by atoms with E-state index in [1.807, 2.05) is 0 Å². The molecule has 1 aromatic carbocycles. The molecular weight excluding hydrogens is 176 g/mol. The molecule has 0 aliphatic carbocycles. The topological polar surface area (TPSA) is 26.3 Å². The number of fused-ring (bicyclic) bond motifs is 1. The van der Waals surface area contributed by atoms with E-state index in [0.29, 0.717) is 17.2 Å². The lowest BCUT2D eigenvalue weighted by molar-refractivity contribution is 0.112. The zero-order valence-electron chi connectivity index (χ0n) is 6.34. The summed E-state index contributed by atoms with van der Waals surface area (Å²) in [6.07, 6.45) is 1.57. The molecule has 0 N–H and O–H groups in total. The molecule has 2 rings (SSSR count). The number of aldehydes is 1. The summed E-state index contributed by atoms with van der Waals surface area (Å²) in [5, 5.41) is 0.509. The highest BCUT2D eigenvalue weighted by Crippen LogP contribution is 2.31. The molecule has 0 bridgehead atoms. The lowest BCUT2D eigenvalue weighted by atomic mass is 10.1. The van der Waals surface area contributed by atoms with Crippen LogP contribution in [0.5, 0.6) is 5.75 Å². The maximum Gasteiger partial charge on any atom is 0.151 e. The smallest absolute Gasteiger partial charge is 0.151 e. The maximum atomic E-state index is 10.6. The van der Waals surface area contributed by atoms with Gasteiger partial charge in [-0.1, -0.05) is 11.6 Å². The van der Waals surface area contributed by atoms with Crippen LogP contribution in [0.3, 0.4) is 0 Å². The molecule has 1 aliphatic heterocycles. The summed E-state index contributed by atoms with van der Waals surface area (Å²) in [5.74, 6) is 0.793. The van der Waals surface area contributed by atoms with E-state index >= 15 is 0 Å². The minimum Gasteiger partial charge on any atom is -0.493 e. The van der Waals surface area contributed by atoms with Crippen LogP contribution in [-0.4, -0.2) is 12.9 Å². The van der Waals surface area contributed by atoms with Crippen molar-refractivity contribution in [1.29, 1.82) is 0 Å². The van der Waals surface area contributed by atoms with Gasteiger partial charge in [-0.15, -0.1) is 0 Å². The largest absolute Gasteiger partial charge is 0.493 e. The summed E-state index contributed by atoms with van der Waals surface area (Å²) in [6.45, 7) is 0.649. The standard InChI is InChI=1S/C9H7ClO2/c10-8-1-2-9-6(3-4-12-9)7(8)5-11/h1-2,5H,3-4H2. The van der Waals surface area contributed by atoms with Crippen LogP contribution >= 0.6 is 11.6 Å². The van der Waals surface area contributed by atoms with Gasteiger partial charge in [-0.2, -0.15) is 0 Å². The summed E-state index contributed by atoms with van der Waals surface area (Å²) < 4.78 is 5.28. The molecule has 0 fully saturated rings. The Morgan fingerprint density at radius 1 is 1.50 bits per heavy atom. The Morgan fingerprint density at radius 2 is 2.33 bits per heavy atom. The highest BCUT2D eigenvalue weighted by Gasteiger charge is 2.17. The summed E-state index contributed by atoms with van der Waals surface area (Å²) in [6, 6.07) is 3.49. The van der Waals surface area contributed by atoms with E-state index in [1.54, 1.807) is 12.1 Å². The number of benzene rings is 1. The Hall–Kier alpha value is -1.02. The van der Waals surface area contributed by atoms with Gasteiger partial charge in [0.2, 0.25) is 0 Å². The summed E-state index contributed by atoms with van der Waals surface area (Å²) in [7, 11) is 0. The van der Waals surface area contributed by atoms with Crippen LogP contribution < -0.4 is 4.74 Å². The fourth-order valence-electron chi connectivity index (χ4n) is 1.40. The van der Waals surface area contributed by atoms with E-state index in [-0.39, 0.29) is 0 Å². The van der Waals surface area contributed by atoms with Gasteiger partial charge < -0.3 is 4.74 Å². The van der Waals surface area contributed by atoms with Crippen molar-refractivity contribution >= 4 is 17.9 Å². The third-order valence-electron chi connectivity index (χ3n) is 1.99. The van der Waals surface area contributed by atoms with Crippen LogP contribution in [0.25, 0.3) is 0 Å². The van der Waals surface area contributed by atoms with Gasteiger partial charge >= 0.3 is 0 Å². The van der Waals surface area contributed by atoms with Crippen LogP contribution in [0.4, 0.5) is 0 Å². The van der Waals surface area contributed by atoms with Crippen molar-refractivity contribution in [2.45, 2.75) is 6.42 Å². The second-order valence-corrected chi connectivity index (χ2v) is 3.06. The quantitative estimate of drug-likeness (QED) is 0.622. The van der Waals surface area contributed by atoms with E-state index in [2.05, 4.69) is 0 Å². The lowest BCUT2D eigenvalue weighted by Crippen LogP contribution is -1.89. The zero-order valence-corrected chi connectivity index (χ0v) is 7.10. The van der Waals surface area contributed by atoms with Crippen LogP contribution in [-0.2, 0) is 6.42 Å². The molecule has 1 aromatic rings. The Balaban J connectivity index is 2.65. The van der Waals surface area contributed by atoms with Gasteiger partial charge in [-0.3, -0.25) is 4.79 Å². The van der Waals surface area contributed by atoms with Crippen LogP contribution in [0.1, 0.15) is 15.9 Å². The van der Waals surface area contributed by atoms with Crippen molar-refractivity contribution in [3.63, 3.8) is 0 Å². The third-order valence-corrected chi connectivity index (χ3v) is 2.32. The summed E-state index contributed by atoms with van der Waals surface area (Å²) >= 11 is 5.82. The normalized spacial score (nSPS) is 13.8. The molecule has 62 valence electrons. The van der Waals surface area contributed by atoms with E-state index in [9.17, 15) is 4.79 Å². The van der Waals surface area contributed by atoms with Crippen molar-refractivity contribution in [1.82, 2.24) is 0 Å². The monoisotopic (exact) mass is 182 g/mol. The summed E-state index contributed by atoms with van der Waals surface area (Å²) in [4.78, 5) is 10.6. The van der Waals surface area contributed by atoms with Gasteiger partial charge in [-0.05, 0) is 12.1 Å². The fraction of sp³-hybridized carbons (Fsp3) is 0.222. The molecule has 1 aliphatic rings. The molecule has 0 saturated carbocycles. The minimum absolute atomic E-state index is 0.509. The van der Waals surface area contributed by atoms with E-state index in [0.717, 1.165) is 24.0 Å². The Bertz CT molecular complexity index is 334. The number of carbonyl (C=O) groups is 1. The van der Waals surface area contributed by atoms with Crippen LogP contribution in [0, 0.1) is 0 Å². The number of rotatable bonds is 1. The van der Waals surface area contributed by atoms with Crippen molar-refractivity contribution < 1.29 is 9.53 Å². The average molecular weight is 183 g/mol. The molecule has 0 saturated heterocycles. The van der Waals surface area contributed by atoms with Gasteiger partial charge in [-0.25, -0.2) is 0 Å². The Labute approximate surface area is 75.1 Å². The first-order valence-corrected chi connectivity index (χ1v) is 4.10. The molecule has 0 unspecified atom stereocenters. The molecule has 1 heterocycles. The van der Waals surface area contributed by atoms with Crippen molar-refractivity contribution in [2.75, 3.05) is 6.61 Å². The molecule has 0 radical (unpaired) electrons. The van der Waals surface area contributed by atoms with Gasteiger partial charge in [0, 0.05) is 17.5 Å². The number of halogens is 1. The molecule has 0 atom stereocenters. The van der Waals surface area contributed by atoms with E-state index in [4.69, 9.17) is 16.3 Å². The minimum atomic E-state index is 0.509. The molecular formula is C9H7ClO2. The predicted octanol–water partition coefficient (Wildman–Crippen LogP) is 2.09. The molecule has 12 heavy (non-hydrogen) atoms. The molecule has 0 aromatic heterocycles. The van der Waals surface area contributed by atoms with Gasteiger partial charge in [0.25, 0.3) is 0 Å². The van der Waals surface area contributed by atoms with Crippen LogP contribution in [0.2, 0.25) is 5.02 Å². The number of hydrogen-bond donors (Lipinski definition) is 0. The SMILES string of the molecule is O=Cc1c(Cl)ccc2c1CCO2. The zero-order chi connectivity index (χ0) is 8.55. The second-order valence-electron chi connectivity index (χ2n) is 2.65. The van der Waals surface area contributed by atoms with Crippen LogP contribution in [0.15, 0.2) is 12.1 Å². The Morgan fingerprint density at radius 3 is 3.08 bits per heavy atom. The second kappa shape index (κ2) is 2.79. The lowest BCUT2D eigenvalue weighted by Gasteiger charge is -2.01. The first kappa shape index (κ1) is 7.62. The molecule has 0 spiro atoms. The van der Waals surface area contributed by atoms with E-state index in [1.165, 1.54) is 0 Å². The molecule has 3 heteroatoms. The van der Waals surface area contributed by atoms with Gasteiger partial charge in [0.05, 0.1) is 11.6 Å². The fourth-order valence-corrected chi connectivity index (χ4v) is 1.62. The van der Waals surface area contributed by atoms with E-state index < -0.39 is 0 Å². The number of carbonyl (C=O) groups excluding carboxylic acids is 1. The van der Waals surface area contributed by atoms with Gasteiger partial charge in [0.15, 0.2) is 6.29 Å². The average Bonchev–Trinajstić information content (AvgIpc) is 2.52. The van der Waals surface area contributed by atoms with Crippen molar-refractivity contribution in [3.8, 4) is 5.75 Å².